The molecule has 0 aliphatic heterocycles. The average Bonchev–Trinajstić information content (AvgIpc) is 2.38. The van der Waals surface area contributed by atoms with Crippen molar-refractivity contribution in [2.45, 2.75) is 20.5 Å². The van der Waals surface area contributed by atoms with Gasteiger partial charge in [0, 0.05) is 7.11 Å². The van der Waals surface area contributed by atoms with E-state index in [9.17, 15) is 9.90 Å². The predicted molar refractivity (Wildman–Crippen MR) is 77.3 cm³/mol. The van der Waals surface area contributed by atoms with Gasteiger partial charge < -0.3 is 14.3 Å². The molecule has 0 saturated carbocycles. The Kier molecular flexibility index (Phi) is 4.16. The van der Waals surface area contributed by atoms with E-state index >= 15 is 0 Å². The second-order valence-corrected chi connectivity index (χ2v) is 4.98. The molecular weight excluding hydrogens is 280 g/mol. The van der Waals surface area contributed by atoms with E-state index in [0.29, 0.717) is 5.56 Å². The number of benzene rings is 1. The first-order valence-electron chi connectivity index (χ1n) is 6.06. The van der Waals surface area contributed by atoms with E-state index in [1.54, 1.807) is 6.07 Å². The SMILES string of the molecule is COCc1oc(=O)c(-c2ccc(C)cc2C)c(O)c1Cl. The minimum atomic E-state index is -0.633. The normalized spacial score (nSPS) is 10.8. The van der Waals surface area contributed by atoms with Gasteiger partial charge in [0.05, 0.1) is 0 Å². The lowest BCUT2D eigenvalue weighted by molar-refractivity contribution is 0.160. The van der Waals surface area contributed by atoms with Gasteiger partial charge in [-0.1, -0.05) is 35.4 Å². The summed E-state index contributed by atoms with van der Waals surface area (Å²) in [6, 6.07) is 5.55. The summed E-state index contributed by atoms with van der Waals surface area (Å²) in [5.41, 5.74) is 1.98. The van der Waals surface area contributed by atoms with Crippen molar-refractivity contribution in [3.05, 3.63) is 50.5 Å². The lowest BCUT2D eigenvalue weighted by atomic mass is 9.99. The summed E-state index contributed by atoms with van der Waals surface area (Å²) in [5, 5.41) is 10.2. The largest absolute Gasteiger partial charge is 0.505 e. The Hall–Kier alpha value is -1.78. The number of aryl methyl sites for hydroxylation is 2. The molecule has 0 unspecified atom stereocenters. The summed E-state index contributed by atoms with van der Waals surface area (Å²) in [5.74, 6) is -0.160. The molecule has 20 heavy (non-hydrogen) atoms. The monoisotopic (exact) mass is 294 g/mol. The third kappa shape index (κ3) is 2.57. The van der Waals surface area contributed by atoms with Crippen LogP contribution in [-0.2, 0) is 11.3 Å². The van der Waals surface area contributed by atoms with Crippen LogP contribution in [0.1, 0.15) is 16.9 Å². The Morgan fingerprint density at radius 1 is 1.35 bits per heavy atom. The molecule has 106 valence electrons. The maximum absolute atomic E-state index is 12.1. The van der Waals surface area contributed by atoms with Crippen LogP contribution in [0.25, 0.3) is 11.1 Å². The van der Waals surface area contributed by atoms with Crippen LogP contribution < -0.4 is 5.63 Å². The second kappa shape index (κ2) is 5.69. The molecule has 5 heteroatoms. The van der Waals surface area contributed by atoms with Gasteiger partial charge in [-0.15, -0.1) is 0 Å². The molecule has 0 fully saturated rings. The van der Waals surface area contributed by atoms with E-state index in [0.717, 1.165) is 11.1 Å². The molecule has 0 saturated heterocycles. The standard InChI is InChI=1S/C15H15ClO4/c1-8-4-5-10(9(2)6-8)12-14(17)13(16)11(7-19-3)20-15(12)18/h4-6,17H,7H2,1-3H3. The fourth-order valence-electron chi connectivity index (χ4n) is 2.10. The molecule has 0 aliphatic carbocycles. The first kappa shape index (κ1) is 14.6. The molecule has 0 amide bonds. The van der Waals surface area contributed by atoms with Crippen LogP contribution in [0.15, 0.2) is 27.4 Å². The Bertz CT molecular complexity index is 704. The second-order valence-electron chi connectivity index (χ2n) is 4.60. The van der Waals surface area contributed by atoms with Crippen molar-refractivity contribution in [3.8, 4) is 16.9 Å². The van der Waals surface area contributed by atoms with Crippen molar-refractivity contribution in [3.63, 3.8) is 0 Å². The van der Waals surface area contributed by atoms with Crippen LogP contribution in [-0.4, -0.2) is 12.2 Å². The Morgan fingerprint density at radius 3 is 2.65 bits per heavy atom. The topological polar surface area (TPSA) is 59.7 Å². The van der Waals surface area contributed by atoms with Gasteiger partial charge in [-0.05, 0) is 25.0 Å². The smallest absolute Gasteiger partial charge is 0.347 e. The van der Waals surface area contributed by atoms with Crippen molar-refractivity contribution in [1.82, 2.24) is 0 Å². The van der Waals surface area contributed by atoms with Crippen LogP contribution in [0, 0.1) is 13.8 Å². The van der Waals surface area contributed by atoms with Gasteiger partial charge in [-0.25, -0.2) is 4.79 Å². The summed E-state index contributed by atoms with van der Waals surface area (Å²) >= 11 is 6.02. The number of aromatic hydroxyl groups is 1. The molecule has 0 radical (unpaired) electrons. The highest BCUT2D eigenvalue weighted by Crippen LogP contribution is 2.36. The summed E-state index contributed by atoms with van der Waals surface area (Å²) < 4.78 is 10.0. The van der Waals surface area contributed by atoms with Crippen molar-refractivity contribution in [2.75, 3.05) is 7.11 Å². The Morgan fingerprint density at radius 2 is 2.05 bits per heavy atom. The number of hydrogen-bond acceptors (Lipinski definition) is 4. The van der Waals surface area contributed by atoms with E-state index in [1.165, 1.54) is 7.11 Å². The number of ether oxygens (including phenoxy) is 1. The number of hydrogen-bond donors (Lipinski definition) is 1. The molecule has 4 nitrogen and oxygen atoms in total. The molecule has 2 rings (SSSR count). The fourth-order valence-corrected chi connectivity index (χ4v) is 2.29. The molecule has 0 aliphatic rings. The molecule has 2 aromatic rings. The highest BCUT2D eigenvalue weighted by atomic mass is 35.5. The van der Waals surface area contributed by atoms with Crippen molar-refractivity contribution in [2.24, 2.45) is 0 Å². The number of halogens is 1. The minimum Gasteiger partial charge on any atom is -0.505 e. The summed E-state index contributed by atoms with van der Waals surface area (Å²) in [7, 11) is 1.45. The highest BCUT2D eigenvalue weighted by molar-refractivity contribution is 6.33. The van der Waals surface area contributed by atoms with Crippen LogP contribution in [0.2, 0.25) is 5.02 Å². The molecule has 0 spiro atoms. The highest BCUT2D eigenvalue weighted by Gasteiger charge is 2.20. The lowest BCUT2D eigenvalue weighted by Gasteiger charge is -2.10. The molecule has 1 N–H and O–H groups in total. The number of rotatable bonds is 3. The zero-order valence-electron chi connectivity index (χ0n) is 11.5. The zero-order valence-corrected chi connectivity index (χ0v) is 12.2. The van der Waals surface area contributed by atoms with Crippen molar-refractivity contribution in [1.29, 1.82) is 0 Å². The van der Waals surface area contributed by atoms with E-state index in [1.807, 2.05) is 26.0 Å². The number of methoxy groups -OCH3 is 1. The van der Waals surface area contributed by atoms with Gasteiger partial charge in [-0.2, -0.15) is 0 Å². The molecular formula is C15H15ClO4. The molecule has 1 aromatic carbocycles. The van der Waals surface area contributed by atoms with Crippen LogP contribution in [0.5, 0.6) is 5.75 Å². The zero-order chi connectivity index (χ0) is 14.9. The van der Waals surface area contributed by atoms with Gasteiger partial charge in [0.15, 0.2) is 11.5 Å². The maximum Gasteiger partial charge on any atom is 0.347 e. The van der Waals surface area contributed by atoms with Gasteiger partial charge in [0.1, 0.15) is 17.2 Å². The van der Waals surface area contributed by atoms with Gasteiger partial charge in [-0.3, -0.25) is 0 Å². The molecule has 1 aromatic heterocycles. The van der Waals surface area contributed by atoms with E-state index in [2.05, 4.69) is 0 Å². The van der Waals surface area contributed by atoms with Crippen molar-refractivity contribution < 1.29 is 14.3 Å². The Labute approximate surface area is 121 Å². The first-order valence-corrected chi connectivity index (χ1v) is 6.44. The average molecular weight is 295 g/mol. The predicted octanol–water partition coefficient (Wildman–Crippen LogP) is 3.43. The van der Waals surface area contributed by atoms with Gasteiger partial charge in [0.25, 0.3) is 0 Å². The molecule has 0 bridgehead atoms. The maximum atomic E-state index is 12.1. The van der Waals surface area contributed by atoms with Crippen LogP contribution in [0.4, 0.5) is 0 Å². The van der Waals surface area contributed by atoms with Crippen LogP contribution >= 0.6 is 11.6 Å². The summed E-state index contributed by atoms with van der Waals surface area (Å²) in [4.78, 5) is 12.1. The van der Waals surface area contributed by atoms with E-state index in [4.69, 9.17) is 20.8 Å². The van der Waals surface area contributed by atoms with Crippen LogP contribution in [0.3, 0.4) is 0 Å². The molecule has 0 atom stereocenters. The van der Waals surface area contributed by atoms with E-state index in [-0.39, 0.29) is 28.7 Å². The summed E-state index contributed by atoms with van der Waals surface area (Å²) in [6.45, 7) is 3.83. The lowest BCUT2D eigenvalue weighted by Crippen LogP contribution is -2.08. The third-order valence-electron chi connectivity index (χ3n) is 3.04. The fraction of sp³-hybridized carbons (Fsp3) is 0.267. The van der Waals surface area contributed by atoms with Gasteiger partial charge in [0.2, 0.25) is 0 Å². The molecule has 1 heterocycles. The third-order valence-corrected chi connectivity index (χ3v) is 3.43. The van der Waals surface area contributed by atoms with Gasteiger partial charge >= 0.3 is 5.63 Å². The quantitative estimate of drug-likeness (QED) is 0.942. The van der Waals surface area contributed by atoms with Crippen molar-refractivity contribution >= 4 is 11.6 Å². The van der Waals surface area contributed by atoms with E-state index < -0.39 is 5.63 Å². The minimum absolute atomic E-state index is 0.00132. The summed E-state index contributed by atoms with van der Waals surface area (Å²) in [6.07, 6.45) is 0. The first-order chi connectivity index (χ1) is 9.45. The Balaban J connectivity index is 2.69.